The van der Waals surface area contributed by atoms with E-state index in [2.05, 4.69) is 5.32 Å². The largest absolute Gasteiger partial charge is 0.494 e. The second-order valence-corrected chi connectivity index (χ2v) is 6.51. The number of hydrogen-bond donors (Lipinski definition) is 1. The summed E-state index contributed by atoms with van der Waals surface area (Å²) in [5, 5.41) is 2.82. The minimum atomic E-state index is -0.541. The van der Waals surface area contributed by atoms with Crippen LogP contribution in [0.1, 0.15) is 22.8 Å². The van der Waals surface area contributed by atoms with Crippen LogP contribution in [-0.4, -0.2) is 25.1 Å². The van der Waals surface area contributed by atoms with Crippen molar-refractivity contribution in [3.05, 3.63) is 83.9 Å². The van der Waals surface area contributed by atoms with E-state index in [1.54, 1.807) is 48.5 Å². The monoisotopic (exact) mass is 405 g/mol. The van der Waals surface area contributed by atoms with Crippen molar-refractivity contribution < 1.29 is 23.8 Å². The van der Waals surface area contributed by atoms with Gasteiger partial charge in [0.15, 0.2) is 6.61 Å². The zero-order valence-electron chi connectivity index (χ0n) is 16.9. The van der Waals surface area contributed by atoms with E-state index in [4.69, 9.17) is 14.2 Å². The Morgan fingerprint density at radius 1 is 0.767 bits per heavy atom. The first kappa shape index (κ1) is 20.9. The van der Waals surface area contributed by atoms with E-state index in [0.717, 1.165) is 11.3 Å². The van der Waals surface area contributed by atoms with Gasteiger partial charge in [0.1, 0.15) is 17.2 Å². The molecule has 0 heterocycles. The smallest absolute Gasteiger partial charge is 0.349 e. The lowest BCUT2D eigenvalue weighted by Gasteiger charge is -2.09. The summed E-state index contributed by atoms with van der Waals surface area (Å²) in [6, 6.07) is 20.8. The molecule has 154 valence electrons. The third-order valence-corrected chi connectivity index (χ3v) is 4.15. The van der Waals surface area contributed by atoms with Gasteiger partial charge in [0, 0.05) is 11.3 Å². The maximum absolute atomic E-state index is 12.3. The molecule has 0 aliphatic carbocycles. The summed E-state index contributed by atoms with van der Waals surface area (Å²) in [5.74, 6) is 0.830. The van der Waals surface area contributed by atoms with Crippen LogP contribution >= 0.6 is 0 Å². The average molecular weight is 405 g/mol. The summed E-state index contributed by atoms with van der Waals surface area (Å²) < 4.78 is 16.0. The van der Waals surface area contributed by atoms with Gasteiger partial charge < -0.3 is 19.5 Å². The third-order valence-electron chi connectivity index (χ3n) is 4.15. The Hall–Kier alpha value is -3.80. The molecule has 0 saturated heterocycles. The number of nitrogens with one attached hydrogen (secondary N) is 1. The van der Waals surface area contributed by atoms with E-state index in [1.807, 2.05) is 38.1 Å². The van der Waals surface area contributed by atoms with Gasteiger partial charge in [0.25, 0.3) is 5.91 Å². The molecule has 0 aliphatic heterocycles. The second-order valence-electron chi connectivity index (χ2n) is 6.51. The molecule has 3 aromatic rings. The number of anilines is 1. The van der Waals surface area contributed by atoms with Gasteiger partial charge in [-0.2, -0.15) is 0 Å². The Morgan fingerprint density at radius 3 is 1.93 bits per heavy atom. The molecular weight excluding hydrogens is 382 g/mol. The summed E-state index contributed by atoms with van der Waals surface area (Å²) >= 11 is 0. The molecule has 0 saturated carbocycles. The average Bonchev–Trinajstić information content (AvgIpc) is 2.75. The predicted octanol–water partition coefficient (Wildman–Crippen LogP) is 4.63. The van der Waals surface area contributed by atoms with Gasteiger partial charge in [-0.25, -0.2) is 4.79 Å². The second kappa shape index (κ2) is 10.1. The molecule has 6 nitrogen and oxygen atoms in total. The highest BCUT2D eigenvalue weighted by Crippen LogP contribution is 2.18. The first-order valence-electron chi connectivity index (χ1n) is 9.58. The number of rotatable bonds is 8. The summed E-state index contributed by atoms with van der Waals surface area (Å²) in [7, 11) is 0. The van der Waals surface area contributed by atoms with Gasteiger partial charge in [-0.05, 0) is 74.5 Å². The number of esters is 1. The highest BCUT2D eigenvalue weighted by atomic mass is 16.6. The van der Waals surface area contributed by atoms with Gasteiger partial charge in [-0.1, -0.05) is 17.7 Å². The van der Waals surface area contributed by atoms with Crippen molar-refractivity contribution in [2.75, 3.05) is 18.5 Å². The van der Waals surface area contributed by atoms with Crippen LogP contribution in [0.3, 0.4) is 0 Å². The van der Waals surface area contributed by atoms with E-state index < -0.39 is 5.97 Å². The fourth-order valence-corrected chi connectivity index (χ4v) is 2.62. The molecule has 3 aromatic carbocycles. The van der Waals surface area contributed by atoms with Crippen molar-refractivity contribution in [1.82, 2.24) is 0 Å². The Labute approximate surface area is 175 Å². The van der Waals surface area contributed by atoms with Crippen molar-refractivity contribution in [3.63, 3.8) is 0 Å². The van der Waals surface area contributed by atoms with Crippen LogP contribution in [-0.2, 0) is 4.79 Å². The van der Waals surface area contributed by atoms with Crippen LogP contribution in [0.5, 0.6) is 17.2 Å². The molecule has 0 bridgehead atoms. The topological polar surface area (TPSA) is 73.9 Å². The molecule has 0 aliphatic rings. The van der Waals surface area contributed by atoms with Crippen LogP contribution in [0, 0.1) is 6.92 Å². The van der Waals surface area contributed by atoms with E-state index in [1.165, 1.54) is 0 Å². The molecule has 0 fully saturated rings. The van der Waals surface area contributed by atoms with Crippen LogP contribution in [0.2, 0.25) is 0 Å². The first-order valence-corrected chi connectivity index (χ1v) is 9.58. The SMILES string of the molecule is CCOc1ccc(OCC(=O)Oc2ccc(C(=O)Nc3ccc(C)cc3)cc2)cc1. The lowest BCUT2D eigenvalue weighted by molar-refractivity contribution is -0.136. The van der Waals surface area contributed by atoms with Crippen LogP contribution in [0.4, 0.5) is 5.69 Å². The molecule has 0 aromatic heterocycles. The van der Waals surface area contributed by atoms with Crippen molar-refractivity contribution in [2.24, 2.45) is 0 Å². The van der Waals surface area contributed by atoms with Crippen LogP contribution in [0.15, 0.2) is 72.8 Å². The number of hydrogen-bond acceptors (Lipinski definition) is 5. The molecule has 0 unspecified atom stereocenters. The van der Waals surface area contributed by atoms with Gasteiger partial charge in [0.2, 0.25) is 0 Å². The number of carbonyl (C=O) groups is 2. The molecule has 30 heavy (non-hydrogen) atoms. The zero-order valence-corrected chi connectivity index (χ0v) is 16.9. The number of benzene rings is 3. The minimum absolute atomic E-state index is 0.232. The molecule has 3 rings (SSSR count). The Morgan fingerprint density at radius 2 is 1.33 bits per heavy atom. The highest BCUT2D eigenvalue weighted by molar-refractivity contribution is 6.04. The van der Waals surface area contributed by atoms with Crippen molar-refractivity contribution in [3.8, 4) is 17.2 Å². The van der Waals surface area contributed by atoms with Crippen molar-refractivity contribution >= 4 is 17.6 Å². The Kier molecular flexibility index (Phi) is 7.05. The van der Waals surface area contributed by atoms with Crippen molar-refractivity contribution in [1.29, 1.82) is 0 Å². The Bertz CT molecular complexity index is 980. The van der Waals surface area contributed by atoms with Crippen molar-refractivity contribution in [2.45, 2.75) is 13.8 Å². The summed E-state index contributed by atoms with van der Waals surface area (Å²) in [6.45, 7) is 4.24. The maximum atomic E-state index is 12.3. The number of amides is 1. The van der Waals surface area contributed by atoms with Crippen LogP contribution < -0.4 is 19.5 Å². The number of ether oxygens (including phenoxy) is 3. The molecule has 1 N–H and O–H groups in total. The lowest BCUT2D eigenvalue weighted by Crippen LogP contribution is -2.18. The minimum Gasteiger partial charge on any atom is -0.494 e. The van der Waals surface area contributed by atoms with Gasteiger partial charge >= 0.3 is 5.97 Å². The molecule has 6 heteroatoms. The van der Waals surface area contributed by atoms with E-state index in [0.29, 0.717) is 29.4 Å². The molecular formula is C24H23NO5. The molecule has 0 radical (unpaired) electrons. The quantitative estimate of drug-likeness (QED) is 0.437. The van der Waals surface area contributed by atoms with E-state index >= 15 is 0 Å². The maximum Gasteiger partial charge on any atom is 0.349 e. The zero-order chi connectivity index (χ0) is 21.3. The highest BCUT2D eigenvalue weighted by Gasteiger charge is 2.09. The Balaban J connectivity index is 1.48. The van der Waals surface area contributed by atoms with E-state index in [-0.39, 0.29) is 12.5 Å². The van der Waals surface area contributed by atoms with Gasteiger partial charge in [-0.3, -0.25) is 4.79 Å². The molecule has 0 atom stereocenters. The first-order chi connectivity index (χ1) is 14.5. The predicted molar refractivity (Wildman–Crippen MR) is 114 cm³/mol. The standard InChI is InChI=1S/C24H23NO5/c1-3-28-20-12-14-21(15-13-20)29-16-23(26)30-22-10-6-18(7-11-22)24(27)25-19-8-4-17(2)5-9-19/h4-15H,3,16H2,1-2H3,(H,25,27). The third kappa shape index (κ3) is 6.10. The van der Waals surface area contributed by atoms with E-state index in [9.17, 15) is 9.59 Å². The van der Waals surface area contributed by atoms with Crippen LogP contribution in [0.25, 0.3) is 0 Å². The normalized spacial score (nSPS) is 10.2. The fraction of sp³-hybridized carbons (Fsp3) is 0.167. The number of aryl methyl sites for hydroxylation is 1. The molecule has 0 spiro atoms. The summed E-state index contributed by atoms with van der Waals surface area (Å²) in [6.07, 6.45) is 0. The van der Waals surface area contributed by atoms with Gasteiger partial charge in [0.05, 0.1) is 6.61 Å². The van der Waals surface area contributed by atoms with Gasteiger partial charge in [-0.15, -0.1) is 0 Å². The summed E-state index contributed by atoms with van der Waals surface area (Å²) in [5.41, 5.74) is 2.29. The fourth-order valence-electron chi connectivity index (χ4n) is 2.62. The number of carbonyl (C=O) groups excluding carboxylic acids is 2. The summed E-state index contributed by atoms with van der Waals surface area (Å²) in [4.78, 5) is 24.3. The lowest BCUT2D eigenvalue weighted by atomic mass is 10.2. The molecule has 1 amide bonds.